The molecule has 2 atom stereocenters. The van der Waals surface area contributed by atoms with Gasteiger partial charge < -0.3 is 4.52 Å². The smallest absolute Gasteiger partial charge is 0.223 e. The van der Waals surface area contributed by atoms with Gasteiger partial charge in [0.1, 0.15) is 0 Å². The van der Waals surface area contributed by atoms with Gasteiger partial charge in [0.2, 0.25) is 5.89 Å². The summed E-state index contributed by atoms with van der Waals surface area (Å²) < 4.78 is 7.21. The first-order valence-corrected chi connectivity index (χ1v) is 8.87. The molecule has 130 valence electrons. The molecule has 2 bridgehead atoms. The summed E-state index contributed by atoms with van der Waals surface area (Å²) in [6.07, 6.45) is 6.89. The van der Waals surface area contributed by atoms with Crippen molar-refractivity contribution in [1.82, 2.24) is 30.0 Å². The number of aromatic nitrogens is 5. The van der Waals surface area contributed by atoms with Gasteiger partial charge in [-0.25, -0.2) is 4.68 Å². The van der Waals surface area contributed by atoms with Crippen molar-refractivity contribution in [2.24, 2.45) is 0 Å². The van der Waals surface area contributed by atoms with Crippen LogP contribution in [-0.2, 0) is 12.0 Å². The maximum Gasteiger partial charge on any atom is 0.223 e. The van der Waals surface area contributed by atoms with Crippen molar-refractivity contribution in [3.63, 3.8) is 0 Å². The van der Waals surface area contributed by atoms with E-state index in [0.29, 0.717) is 24.0 Å². The van der Waals surface area contributed by atoms with Crippen molar-refractivity contribution in [3.05, 3.63) is 23.6 Å². The average molecular weight is 330 g/mol. The van der Waals surface area contributed by atoms with Gasteiger partial charge in [-0.3, -0.25) is 4.90 Å². The van der Waals surface area contributed by atoms with E-state index in [1.807, 2.05) is 6.92 Å². The van der Waals surface area contributed by atoms with E-state index in [1.54, 1.807) is 0 Å². The van der Waals surface area contributed by atoms with Gasteiger partial charge in [-0.15, -0.1) is 5.10 Å². The maximum absolute atomic E-state index is 5.11. The molecule has 0 aliphatic carbocycles. The third-order valence-corrected chi connectivity index (χ3v) is 5.41. The predicted octanol–water partition coefficient (Wildman–Crippen LogP) is 2.64. The number of nitrogens with zero attached hydrogens (tertiary/aromatic N) is 6. The molecule has 2 aromatic heterocycles. The Balaban J connectivity index is 1.47. The molecule has 0 N–H and O–H groups in total. The van der Waals surface area contributed by atoms with E-state index in [1.165, 1.54) is 12.8 Å². The summed E-state index contributed by atoms with van der Waals surface area (Å²) in [5, 5.41) is 12.9. The second-order valence-corrected chi connectivity index (χ2v) is 8.25. The Morgan fingerprint density at radius 3 is 2.42 bits per heavy atom. The van der Waals surface area contributed by atoms with Crippen LogP contribution in [0.5, 0.6) is 0 Å². The van der Waals surface area contributed by atoms with Gasteiger partial charge in [-0.1, -0.05) is 31.1 Å². The fraction of sp³-hybridized carbons (Fsp3) is 0.765. The molecule has 2 unspecified atom stereocenters. The van der Waals surface area contributed by atoms with Crippen LogP contribution in [0.2, 0.25) is 0 Å². The highest BCUT2D eigenvalue weighted by molar-refractivity contribution is 5.08. The predicted molar refractivity (Wildman–Crippen MR) is 88.4 cm³/mol. The number of fused-ring (bicyclic) bond motifs is 2. The first-order valence-electron chi connectivity index (χ1n) is 8.87. The Kier molecular flexibility index (Phi) is 3.71. The minimum absolute atomic E-state index is 0.0500. The van der Waals surface area contributed by atoms with Crippen molar-refractivity contribution in [3.8, 4) is 0 Å². The van der Waals surface area contributed by atoms with Crippen LogP contribution in [0.1, 0.15) is 69.9 Å². The molecule has 2 saturated heterocycles. The van der Waals surface area contributed by atoms with Crippen LogP contribution in [0, 0.1) is 6.92 Å². The lowest BCUT2D eigenvalue weighted by Crippen LogP contribution is -2.43. The number of hydrogen-bond donors (Lipinski definition) is 0. The lowest BCUT2D eigenvalue weighted by atomic mass is 9.93. The minimum Gasteiger partial charge on any atom is -0.340 e. The van der Waals surface area contributed by atoms with E-state index >= 15 is 0 Å². The fourth-order valence-corrected chi connectivity index (χ4v) is 4.09. The number of piperidine rings is 1. The fourth-order valence-electron chi connectivity index (χ4n) is 4.09. The highest BCUT2D eigenvalue weighted by atomic mass is 16.5. The van der Waals surface area contributed by atoms with Crippen LogP contribution in [0.3, 0.4) is 0 Å². The van der Waals surface area contributed by atoms with Crippen LogP contribution in [0.15, 0.2) is 10.7 Å². The lowest BCUT2D eigenvalue weighted by molar-refractivity contribution is 0.0910. The topological polar surface area (TPSA) is 72.9 Å². The molecule has 2 aliphatic heterocycles. The van der Waals surface area contributed by atoms with Gasteiger partial charge in [0.25, 0.3) is 0 Å². The Labute approximate surface area is 142 Å². The Morgan fingerprint density at radius 1 is 1.17 bits per heavy atom. The van der Waals surface area contributed by atoms with Crippen molar-refractivity contribution in [2.45, 2.75) is 83.5 Å². The molecule has 0 amide bonds. The zero-order chi connectivity index (χ0) is 16.9. The van der Waals surface area contributed by atoms with Gasteiger partial charge in [0.05, 0.1) is 18.3 Å². The molecule has 0 radical (unpaired) electrons. The third kappa shape index (κ3) is 2.85. The molecule has 7 heteroatoms. The molecule has 2 fully saturated rings. The Morgan fingerprint density at radius 2 is 1.88 bits per heavy atom. The van der Waals surface area contributed by atoms with Crippen LogP contribution < -0.4 is 0 Å². The molecule has 7 nitrogen and oxygen atoms in total. The van der Waals surface area contributed by atoms with Crippen molar-refractivity contribution >= 4 is 0 Å². The normalized spacial score (nSPS) is 27.8. The van der Waals surface area contributed by atoms with Crippen LogP contribution in [0.4, 0.5) is 0 Å². The zero-order valence-electron chi connectivity index (χ0n) is 14.9. The Bertz CT molecular complexity index is 701. The van der Waals surface area contributed by atoms with Gasteiger partial charge >= 0.3 is 0 Å². The minimum atomic E-state index is 0.0500. The zero-order valence-corrected chi connectivity index (χ0v) is 14.9. The van der Waals surface area contributed by atoms with Crippen molar-refractivity contribution < 1.29 is 4.52 Å². The SMILES string of the molecule is Cc1nc(CN2C3CCC2CC(n2cc(C(C)(C)C)nn2)C3)no1. The highest BCUT2D eigenvalue weighted by Gasteiger charge is 2.42. The van der Waals surface area contributed by atoms with Crippen LogP contribution in [0.25, 0.3) is 0 Å². The summed E-state index contributed by atoms with van der Waals surface area (Å²) in [6.45, 7) is 9.18. The average Bonchev–Trinajstić information content (AvgIpc) is 3.19. The lowest BCUT2D eigenvalue weighted by Gasteiger charge is -2.38. The summed E-state index contributed by atoms with van der Waals surface area (Å²) in [5.74, 6) is 1.45. The second-order valence-electron chi connectivity index (χ2n) is 8.25. The van der Waals surface area contributed by atoms with Crippen LogP contribution >= 0.6 is 0 Å². The molecule has 4 rings (SSSR count). The van der Waals surface area contributed by atoms with E-state index in [9.17, 15) is 0 Å². The molecule has 0 spiro atoms. The quantitative estimate of drug-likeness (QED) is 0.861. The molecule has 24 heavy (non-hydrogen) atoms. The number of hydrogen-bond acceptors (Lipinski definition) is 6. The first-order chi connectivity index (χ1) is 11.4. The highest BCUT2D eigenvalue weighted by Crippen LogP contribution is 2.41. The van der Waals surface area contributed by atoms with Crippen LogP contribution in [-0.4, -0.2) is 42.1 Å². The molecule has 0 aromatic carbocycles. The molecule has 2 aromatic rings. The third-order valence-electron chi connectivity index (χ3n) is 5.41. The molecule has 4 heterocycles. The summed E-state index contributed by atoms with van der Waals surface area (Å²) in [7, 11) is 0. The largest absolute Gasteiger partial charge is 0.340 e. The standard InChI is InChI=1S/C17H26N6O/c1-11-18-16(20-24-11)10-22-12-5-6-13(22)8-14(7-12)23-9-15(19-21-23)17(2,3)4/h9,12-14H,5-8,10H2,1-4H3. The van der Waals surface area contributed by atoms with Gasteiger partial charge in [0, 0.05) is 30.6 Å². The molecular formula is C17H26N6O. The van der Waals surface area contributed by atoms with E-state index in [4.69, 9.17) is 4.52 Å². The maximum atomic E-state index is 5.11. The van der Waals surface area contributed by atoms with Crippen molar-refractivity contribution in [2.75, 3.05) is 0 Å². The van der Waals surface area contributed by atoms with Gasteiger partial charge in [0.15, 0.2) is 5.82 Å². The number of rotatable bonds is 3. The second kappa shape index (κ2) is 5.65. The molecule has 2 aliphatic rings. The van der Waals surface area contributed by atoms with Crippen molar-refractivity contribution in [1.29, 1.82) is 0 Å². The summed E-state index contributed by atoms with van der Waals surface area (Å²) in [4.78, 5) is 6.92. The summed E-state index contributed by atoms with van der Waals surface area (Å²) >= 11 is 0. The Hall–Kier alpha value is -1.76. The van der Waals surface area contributed by atoms with E-state index in [0.717, 1.165) is 30.9 Å². The molecular weight excluding hydrogens is 304 g/mol. The van der Waals surface area contributed by atoms with Gasteiger partial charge in [-0.05, 0) is 25.7 Å². The van der Waals surface area contributed by atoms with E-state index in [2.05, 4.69) is 57.0 Å². The first kappa shape index (κ1) is 15.7. The van der Waals surface area contributed by atoms with Gasteiger partial charge in [-0.2, -0.15) is 4.98 Å². The summed E-state index contributed by atoms with van der Waals surface area (Å²) in [5.41, 5.74) is 1.12. The van der Waals surface area contributed by atoms with E-state index < -0.39 is 0 Å². The van der Waals surface area contributed by atoms with E-state index in [-0.39, 0.29) is 5.41 Å². The monoisotopic (exact) mass is 330 g/mol. The molecule has 0 saturated carbocycles. The number of aryl methyl sites for hydroxylation is 1. The summed E-state index contributed by atoms with van der Waals surface area (Å²) in [6, 6.07) is 1.61.